The molecule has 2 rings (SSSR count). The van der Waals surface area contributed by atoms with Gasteiger partial charge in [0.1, 0.15) is 5.82 Å². The van der Waals surface area contributed by atoms with Crippen molar-refractivity contribution in [2.75, 3.05) is 10.6 Å². The third kappa shape index (κ3) is 4.74. The van der Waals surface area contributed by atoms with Crippen LogP contribution in [-0.4, -0.2) is 15.5 Å². The van der Waals surface area contributed by atoms with Crippen molar-refractivity contribution >= 4 is 29.1 Å². The van der Waals surface area contributed by atoms with Gasteiger partial charge in [-0.3, -0.25) is 0 Å². The molecule has 0 saturated heterocycles. The number of aryl methyl sites for hydroxylation is 1. The molecule has 0 saturated carbocycles. The van der Waals surface area contributed by atoms with E-state index in [9.17, 15) is 13.2 Å². The number of alkyl halides is 3. The fourth-order valence-corrected chi connectivity index (χ4v) is 2.24. The molecule has 4 nitrogen and oxygen atoms in total. The molecular weight excluding hydrogens is 341 g/mol. The van der Waals surface area contributed by atoms with Crippen LogP contribution < -0.4 is 10.6 Å². The van der Waals surface area contributed by atoms with Crippen LogP contribution in [0.5, 0.6) is 0 Å². The van der Waals surface area contributed by atoms with Crippen LogP contribution in [-0.2, 0) is 6.18 Å². The lowest BCUT2D eigenvalue weighted by Crippen LogP contribution is -2.28. The maximum absolute atomic E-state index is 13.1. The molecule has 0 amide bonds. The number of benzene rings is 1. The summed E-state index contributed by atoms with van der Waals surface area (Å²) in [6, 6.07) is 6.07. The highest BCUT2D eigenvalue weighted by molar-refractivity contribution is 6.33. The zero-order chi connectivity index (χ0) is 18.1. The Balaban J connectivity index is 2.47. The molecule has 8 heteroatoms. The minimum Gasteiger partial charge on any atom is -0.350 e. The summed E-state index contributed by atoms with van der Waals surface area (Å²) in [6.45, 7) is 7.22. The monoisotopic (exact) mass is 358 g/mol. The molecule has 0 radical (unpaired) electrons. The van der Waals surface area contributed by atoms with E-state index >= 15 is 0 Å². The van der Waals surface area contributed by atoms with Gasteiger partial charge in [-0.2, -0.15) is 18.2 Å². The quantitative estimate of drug-likeness (QED) is 0.770. The van der Waals surface area contributed by atoms with Crippen LogP contribution in [0.15, 0.2) is 24.3 Å². The Labute approximate surface area is 143 Å². The Morgan fingerprint density at radius 3 is 2.29 bits per heavy atom. The lowest BCUT2D eigenvalue weighted by Gasteiger charge is -2.22. The van der Waals surface area contributed by atoms with Crippen LogP contribution in [0, 0.1) is 6.92 Å². The molecule has 0 atom stereocenters. The molecule has 0 fully saturated rings. The van der Waals surface area contributed by atoms with E-state index in [0.29, 0.717) is 10.7 Å². The zero-order valence-corrected chi connectivity index (χ0v) is 14.5. The van der Waals surface area contributed by atoms with Gasteiger partial charge in [-0.25, -0.2) is 4.98 Å². The number of rotatable bonds is 3. The van der Waals surface area contributed by atoms with Crippen molar-refractivity contribution in [2.24, 2.45) is 0 Å². The molecule has 0 spiro atoms. The fourth-order valence-electron chi connectivity index (χ4n) is 1.97. The first-order valence-electron chi connectivity index (χ1n) is 7.22. The molecule has 24 heavy (non-hydrogen) atoms. The second kappa shape index (κ2) is 6.47. The lowest BCUT2D eigenvalue weighted by molar-refractivity contribution is -0.141. The lowest BCUT2D eigenvalue weighted by atomic mass is 10.1. The summed E-state index contributed by atoms with van der Waals surface area (Å²) < 4.78 is 39.3. The van der Waals surface area contributed by atoms with Crippen LogP contribution in [0.2, 0.25) is 5.02 Å². The number of nitrogens with zero attached hydrogens (tertiary/aromatic N) is 2. The Kier molecular flexibility index (Phi) is 4.94. The summed E-state index contributed by atoms with van der Waals surface area (Å²) in [5.74, 6) is -0.0928. The third-order valence-electron chi connectivity index (χ3n) is 2.98. The van der Waals surface area contributed by atoms with Gasteiger partial charge < -0.3 is 10.6 Å². The van der Waals surface area contributed by atoms with E-state index in [2.05, 4.69) is 20.6 Å². The minimum atomic E-state index is -4.58. The van der Waals surface area contributed by atoms with Crippen molar-refractivity contribution in [1.82, 2.24) is 9.97 Å². The van der Waals surface area contributed by atoms with Crippen molar-refractivity contribution in [3.8, 4) is 0 Å². The standard InChI is InChI=1S/C16H18ClF3N4/c1-9-6-5-7-10(17)13(9)22-12-8-11(16(18,19)20)21-14(23-12)24-15(2,3)4/h5-8H,1-4H3,(H2,21,22,23,24). The molecule has 2 aromatic rings. The Bertz CT molecular complexity index is 719. The summed E-state index contributed by atoms with van der Waals surface area (Å²) in [7, 11) is 0. The molecule has 1 aromatic heterocycles. The van der Waals surface area contributed by atoms with Gasteiger partial charge in [-0.05, 0) is 39.3 Å². The Morgan fingerprint density at radius 2 is 1.75 bits per heavy atom. The first kappa shape index (κ1) is 18.3. The molecule has 0 unspecified atom stereocenters. The second-order valence-corrected chi connectivity index (χ2v) is 6.80. The normalized spacial score (nSPS) is 12.2. The van der Waals surface area contributed by atoms with Gasteiger partial charge in [0.15, 0.2) is 5.69 Å². The molecule has 0 aliphatic heterocycles. The Morgan fingerprint density at radius 1 is 1.08 bits per heavy atom. The first-order chi connectivity index (χ1) is 11.0. The van der Waals surface area contributed by atoms with E-state index in [4.69, 9.17) is 11.6 Å². The fraction of sp³-hybridized carbons (Fsp3) is 0.375. The highest BCUT2D eigenvalue weighted by Crippen LogP contribution is 2.33. The summed E-state index contributed by atoms with van der Waals surface area (Å²) in [5.41, 5.74) is -0.217. The maximum atomic E-state index is 13.1. The van der Waals surface area contributed by atoms with Crippen molar-refractivity contribution in [3.63, 3.8) is 0 Å². The highest BCUT2D eigenvalue weighted by Gasteiger charge is 2.34. The number of nitrogens with one attached hydrogen (secondary N) is 2. The van der Waals surface area contributed by atoms with Crippen LogP contribution >= 0.6 is 11.6 Å². The molecule has 0 aliphatic rings. The van der Waals surface area contributed by atoms with Gasteiger partial charge in [0.2, 0.25) is 5.95 Å². The molecule has 130 valence electrons. The average molecular weight is 359 g/mol. The van der Waals surface area contributed by atoms with Crippen molar-refractivity contribution in [2.45, 2.75) is 39.4 Å². The summed E-state index contributed by atoms with van der Waals surface area (Å²) in [6.07, 6.45) is -4.58. The number of halogens is 4. The minimum absolute atomic E-state index is 0.0141. The van der Waals surface area contributed by atoms with E-state index in [-0.39, 0.29) is 11.8 Å². The van der Waals surface area contributed by atoms with Crippen LogP contribution in [0.1, 0.15) is 32.0 Å². The number of anilines is 3. The van der Waals surface area contributed by atoms with Gasteiger partial charge in [-0.1, -0.05) is 23.7 Å². The molecule has 1 heterocycles. The van der Waals surface area contributed by atoms with E-state index in [0.717, 1.165) is 11.6 Å². The summed E-state index contributed by atoms with van der Waals surface area (Å²) >= 11 is 6.11. The van der Waals surface area contributed by atoms with Crippen LogP contribution in [0.3, 0.4) is 0 Å². The largest absolute Gasteiger partial charge is 0.433 e. The molecule has 0 aliphatic carbocycles. The molecule has 1 aromatic carbocycles. The van der Waals surface area contributed by atoms with Gasteiger partial charge in [0.25, 0.3) is 0 Å². The highest BCUT2D eigenvalue weighted by atomic mass is 35.5. The average Bonchev–Trinajstić information content (AvgIpc) is 2.40. The first-order valence-corrected chi connectivity index (χ1v) is 7.60. The van der Waals surface area contributed by atoms with Crippen LogP contribution in [0.25, 0.3) is 0 Å². The van der Waals surface area contributed by atoms with E-state index in [1.165, 1.54) is 0 Å². The van der Waals surface area contributed by atoms with E-state index < -0.39 is 17.4 Å². The predicted octanol–water partition coefficient (Wildman–Crippen LogP) is 5.41. The van der Waals surface area contributed by atoms with Gasteiger partial charge in [-0.15, -0.1) is 0 Å². The van der Waals surface area contributed by atoms with Crippen LogP contribution in [0.4, 0.5) is 30.6 Å². The number of hydrogen-bond acceptors (Lipinski definition) is 4. The SMILES string of the molecule is Cc1cccc(Cl)c1Nc1cc(C(F)(F)F)nc(NC(C)(C)C)n1. The smallest absolute Gasteiger partial charge is 0.350 e. The Hall–Kier alpha value is -2.02. The third-order valence-corrected chi connectivity index (χ3v) is 3.29. The summed E-state index contributed by atoms with van der Waals surface area (Å²) in [4.78, 5) is 7.67. The van der Waals surface area contributed by atoms with Gasteiger partial charge in [0.05, 0.1) is 10.7 Å². The maximum Gasteiger partial charge on any atom is 0.433 e. The number of aromatic nitrogens is 2. The summed E-state index contributed by atoms with van der Waals surface area (Å²) in [5, 5.41) is 6.11. The van der Waals surface area contributed by atoms with E-state index in [1.807, 2.05) is 20.8 Å². The number of para-hydroxylation sites is 1. The molecular formula is C16H18ClF3N4. The van der Waals surface area contributed by atoms with E-state index in [1.54, 1.807) is 25.1 Å². The van der Waals surface area contributed by atoms with Gasteiger partial charge >= 0.3 is 6.18 Å². The molecule has 0 bridgehead atoms. The van der Waals surface area contributed by atoms with Gasteiger partial charge in [0, 0.05) is 11.6 Å². The van der Waals surface area contributed by atoms with Crippen molar-refractivity contribution < 1.29 is 13.2 Å². The topological polar surface area (TPSA) is 49.8 Å². The number of hydrogen-bond donors (Lipinski definition) is 2. The molecule has 2 N–H and O–H groups in total. The zero-order valence-electron chi connectivity index (χ0n) is 13.7. The second-order valence-electron chi connectivity index (χ2n) is 6.39. The predicted molar refractivity (Wildman–Crippen MR) is 89.9 cm³/mol. The van der Waals surface area contributed by atoms with Crippen molar-refractivity contribution in [1.29, 1.82) is 0 Å². The van der Waals surface area contributed by atoms with Crippen molar-refractivity contribution in [3.05, 3.63) is 40.5 Å².